The van der Waals surface area contributed by atoms with Gasteiger partial charge in [0.25, 0.3) is 11.8 Å². The normalized spacial score (nSPS) is 17.3. The lowest BCUT2D eigenvalue weighted by atomic mass is 9.95. The highest BCUT2D eigenvalue weighted by Gasteiger charge is 2.31. The predicted octanol–water partition coefficient (Wildman–Crippen LogP) is 3.79. The fourth-order valence-electron chi connectivity index (χ4n) is 4.58. The molecule has 9 heteroatoms. The highest BCUT2D eigenvalue weighted by atomic mass is 32.2. The van der Waals surface area contributed by atoms with Gasteiger partial charge in [-0.15, -0.1) is 0 Å². The summed E-state index contributed by atoms with van der Waals surface area (Å²) in [6, 6.07) is 11.3. The Labute approximate surface area is 200 Å². The van der Waals surface area contributed by atoms with E-state index in [2.05, 4.69) is 10.6 Å². The molecular formula is C25H31N3O5S. The molecule has 1 heterocycles. The number of hydrogen-bond acceptors (Lipinski definition) is 5. The van der Waals surface area contributed by atoms with Crippen molar-refractivity contribution in [2.75, 3.05) is 25.5 Å². The van der Waals surface area contributed by atoms with Crippen LogP contribution in [0.15, 0.2) is 47.4 Å². The van der Waals surface area contributed by atoms with Crippen LogP contribution >= 0.6 is 0 Å². The molecule has 1 aliphatic heterocycles. The number of hydrogen-bond donors (Lipinski definition) is 2. The molecule has 8 nitrogen and oxygen atoms in total. The summed E-state index contributed by atoms with van der Waals surface area (Å²) in [5.41, 5.74) is 0.918. The molecule has 0 spiro atoms. The highest BCUT2D eigenvalue weighted by molar-refractivity contribution is 7.89. The zero-order valence-corrected chi connectivity index (χ0v) is 20.2. The van der Waals surface area contributed by atoms with Crippen LogP contribution in [0.5, 0.6) is 5.75 Å². The number of benzene rings is 2. The summed E-state index contributed by atoms with van der Waals surface area (Å²) >= 11 is 0. The van der Waals surface area contributed by atoms with Gasteiger partial charge in [-0.3, -0.25) is 9.59 Å². The van der Waals surface area contributed by atoms with Crippen molar-refractivity contribution in [3.8, 4) is 5.75 Å². The average Bonchev–Trinajstić information content (AvgIpc) is 3.40. The Bertz CT molecular complexity index is 1150. The highest BCUT2D eigenvalue weighted by Crippen LogP contribution is 2.30. The molecule has 1 saturated carbocycles. The first-order chi connectivity index (χ1) is 16.4. The van der Waals surface area contributed by atoms with Crippen molar-refractivity contribution in [2.24, 2.45) is 0 Å². The van der Waals surface area contributed by atoms with E-state index in [-0.39, 0.29) is 28.2 Å². The van der Waals surface area contributed by atoms with Crippen LogP contribution in [0.3, 0.4) is 0 Å². The maximum atomic E-state index is 13.1. The lowest BCUT2D eigenvalue weighted by Gasteiger charge is -2.23. The maximum Gasteiger partial charge on any atom is 0.255 e. The SMILES string of the molecule is COc1ccc(C(=O)Nc2ccccc2C(=O)NC2CCCCC2)cc1S(=O)(=O)N1CCCC1. The summed E-state index contributed by atoms with van der Waals surface area (Å²) in [6.45, 7) is 0.900. The number of nitrogens with zero attached hydrogens (tertiary/aromatic N) is 1. The molecule has 0 aromatic heterocycles. The largest absolute Gasteiger partial charge is 0.495 e. The Morgan fingerprint density at radius 1 is 0.941 bits per heavy atom. The predicted molar refractivity (Wildman–Crippen MR) is 130 cm³/mol. The third-order valence-electron chi connectivity index (χ3n) is 6.47. The minimum Gasteiger partial charge on any atom is -0.495 e. The number of para-hydroxylation sites is 1. The second-order valence-electron chi connectivity index (χ2n) is 8.78. The molecule has 2 aromatic carbocycles. The first-order valence-corrected chi connectivity index (χ1v) is 13.2. The molecule has 1 aliphatic carbocycles. The third-order valence-corrected chi connectivity index (χ3v) is 8.39. The van der Waals surface area contributed by atoms with E-state index in [4.69, 9.17) is 4.74 Å². The maximum absolute atomic E-state index is 13.1. The molecule has 4 rings (SSSR count). The summed E-state index contributed by atoms with van der Waals surface area (Å²) in [4.78, 5) is 26.0. The van der Waals surface area contributed by atoms with Crippen molar-refractivity contribution >= 4 is 27.5 Å². The van der Waals surface area contributed by atoms with Gasteiger partial charge in [0.2, 0.25) is 10.0 Å². The van der Waals surface area contributed by atoms with E-state index < -0.39 is 15.9 Å². The first kappa shape index (κ1) is 24.2. The molecule has 2 aliphatic rings. The monoisotopic (exact) mass is 485 g/mol. The number of rotatable bonds is 7. The van der Waals surface area contributed by atoms with E-state index in [1.807, 2.05) is 0 Å². The molecule has 0 unspecified atom stereocenters. The van der Waals surface area contributed by atoms with Gasteiger partial charge < -0.3 is 15.4 Å². The Hall–Kier alpha value is -2.91. The summed E-state index contributed by atoms with van der Waals surface area (Å²) in [5.74, 6) is -0.538. The van der Waals surface area contributed by atoms with E-state index >= 15 is 0 Å². The molecule has 0 radical (unpaired) electrons. The summed E-state index contributed by atoms with van der Waals surface area (Å²) in [7, 11) is -2.38. The lowest BCUT2D eigenvalue weighted by Crippen LogP contribution is -2.36. The average molecular weight is 486 g/mol. The van der Waals surface area contributed by atoms with Crippen LogP contribution in [0.4, 0.5) is 5.69 Å². The van der Waals surface area contributed by atoms with Crippen LogP contribution in [0, 0.1) is 0 Å². The number of sulfonamides is 1. The van der Waals surface area contributed by atoms with Crippen molar-refractivity contribution in [1.82, 2.24) is 9.62 Å². The van der Waals surface area contributed by atoms with Crippen molar-refractivity contribution in [3.05, 3.63) is 53.6 Å². The van der Waals surface area contributed by atoms with Gasteiger partial charge in [-0.2, -0.15) is 4.31 Å². The van der Waals surface area contributed by atoms with E-state index in [0.717, 1.165) is 38.5 Å². The molecule has 2 aromatic rings. The summed E-state index contributed by atoms with van der Waals surface area (Å²) < 4.78 is 33.0. The zero-order chi connectivity index (χ0) is 24.1. The topological polar surface area (TPSA) is 105 Å². The number of amides is 2. The minimum atomic E-state index is -3.78. The van der Waals surface area contributed by atoms with Crippen molar-refractivity contribution in [2.45, 2.75) is 55.9 Å². The van der Waals surface area contributed by atoms with Gasteiger partial charge in [-0.05, 0) is 56.0 Å². The summed E-state index contributed by atoms with van der Waals surface area (Å²) in [5, 5.41) is 5.85. The van der Waals surface area contributed by atoms with Gasteiger partial charge in [0.1, 0.15) is 10.6 Å². The first-order valence-electron chi connectivity index (χ1n) is 11.8. The van der Waals surface area contributed by atoms with Crippen LogP contribution in [0.2, 0.25) is 0 Å². The van der Waals surface area contributed by atoms with Crippen LogP contribution < -0.4 is 15.4 Å². The molecule has 0 atom stereocenters. The summed E-state index contributed by atoms with van der Waals surface area (Å²) in [6.07, 6.45) is 6.92. The van der Waals surface area contributed by atoms with Gasteiger partial charge in [0, 0.05) is 24.7 Å². The fourth-order valence-corrected chi connectivity index (χ4v) is 6.28. The van der Waals surface area contributed by atoms with Crippen LogP contribution in [0.25, 0.3) is 0 Å². The van der Waals surface area contributed by atoms with Crippen molar-refractivity contribution < 1.29 is 22.7 Å². The Morgan fingerprint density at radius 2 is 1.65 bits per heavy atom. The van der Waals surface area contributed by atoms with Crippen molar-refractivity contribution in [1.29, 1.82) is 0 Å². The molecule has 2 amide bonds. The van der Waals surface area contributed by atoms with Gasteiger partial charge >= 0.3 is 0 Å². The molecule has 182 valence electrons. The number of carbonyl (C=O) groups excluding carboxylic acids is 2. The number of ether oxygens (including phenoxy) is 1. The Morgan fingerprint density at radius 3 is 2.35 bits per heavy atom. The van der Waals surface area contributed by atoms with Crippen LogP contribution in [-0.2, 0) is 10.0 Å². The molecule has 34 heavy (non-hydrogen) atoms. The molecule has 2 fully saturated rings. The Balaban J connectivity index is 1.56. The van der Waals surface area contributed by atoms with E-state index in [9.17, 15) is 18.0 Å². The van der Waals surface area contributed by atoms with Gasteiger partial charge in [-0.25, -0.2) is 8.42 Å². The number of methoxy groups -OCH3 is 1. The minimum absolute atomic E-state index is 0.0344. The number of nitrogens with one attached hydrogen (secondary N) is 2. The number of carbonyl (C=O) groups is 2. The third kappa shape index (κ3) is 5.26. The van der Waals surface area contributed by atoms with Crippen LogP contribution in [0.1, 0.15) is 65.7 Å². The molecule has 2 N–H and O–H groups in total. The standard InChI is InChI=1S/C25H31N3O5S/c1-33-22-14-13-18(17-23(22)34(31,32)28-15-7-8-16-28)24(29)27-21-12-6-5-11-20(21)25(30)26-19-9-3-2-4-10-19/h5-6,11-14,17,19H,2-4,7-10,15-16H2,1H3,(H,26,30)(H,27,29). The second kappa shape index (κ2) is 10.6. The van der Waals surface area contributed by atoms with E-state index in [1.165, 1.54) is 36.0 Å². The van der Waals surface area contributed by atoms with Crippen molar-refractivity contribution in [3.63, 3.8) is 0 Å². The van der Waals surface area contributed by atoms with Gasteiger partial charge in [0.15, 0.2) is 0 Å². The number of anilines is 1. The molecule has 1 saturated heterocycles. The zero-order valence-electron chi connectivity index (χ0n) is 19.4. The van der Waals surface area contributed by atoms with Gasteiger partial charge in [-0.1, -0.05) is 31.4 Å². The second-order valence-corrected chi connectivity index (χ2v) is 10.7. The molecular weight excluding hydrogens is 454 g/mol. The van der Waals surface area contributed by atoms with Crippen LogP contribution in [-0.4, -0.2) is 50.8 Å². The Kier molecular flexibility index (Phi) is 7.53. The van der Waals surface area contributed by atoms with E-state index in [0.29, 0.717) is 24.3 Å². The van der Waals surface area contributed by atoms with E-state index in [1.54, 1.807) is 24.3 Å². The fraction of sp³-hybridized carbons (Fsp3) is 0.440. The smallest absolute Gasteiger partial charge is 0.255 e. The lowest BCUT2D eigenvalue weighted by molar-refractivity contribution is 0.0928. The quantitative estimate of drug-likeness (QED) is 0.621. The van der Waals surface area contributed by atoms with Gasteiger partial charge in [0.05, 0.1) is 18.4 Å². The molecule has 0 bridgehead atoms.